The Bertz CT molecular complexity index is 312. The molecule has 19 heavy (non-hydrogen) atoms. The van der Waals surface area contributed by atoms with Crippen LogP contribution < -0.4 is 5.32 Å². The maximum atomic E-state index is 11.8. The Labute approximate surface area is 115 Å². The molecular formula is C14H26N2O3. The molecular weight excluding hydrogens is 244 g/mol. The minimum Gasteiger partial charge on any atom is -0.481 e. The SMILES string of the molecule is CC1CCC(CNC(=O)N(C)CC(C)C(=O)O)CC1. The van der Waals surface area contributed by atoms with Crippen molar-refractivity contribution in [3.8, 4) is 0 Å². The molecule has 0 radical (unpaired) electrons. The van der Waals surface area contributed by atoms with Crippen LogP contribution in [0.1, 0.15) is 39.5 Å². The first-order chi connectivity index (χ1) is 8.90. The van der Waals surface area contributed by atoms with Crippen molar-refractivity contribution in [3.05, 3.63) is 0 Å². The highest BCUT2D eigenvalue weighted by Crippen LogP contribution is 2.27. The Hall–Kier alpha value is -1.26. The van der Waals surface area contributed by atoms with Gasteiger partial charge in [0.05, 0.1) is 5.92 Å². The van der Waals surface area contributed by atoms with E-state index in [2.05, 4.69) is 12.2 Å². The molecule has 0 aromatic carbocycles. The number of nitrogens with zero attached hydrogens (tertiary/aromatic N) is 1. The number of urea groups is 1. The summed E-state index contributed by atoms with van der Waals surface area (Å²) in [5.41, 5.74) is 0. The van der Waals surface area contributed by atoms with Gasteiger partial charge in [-0.05, 0) is 24.7 Å². The minimum absolute atomic E-state index is 0.174. The number of carbonyl (C=O) groups excluding carboxylic acids is 1. The molecule has 1 rings (SSSR count). The lowest BCUT2D eigenvalue weighted by molar-refractivity contribution is -0.141. The topological polar surface area (TPSA) is 69.6 Å². The average molecular weight is 270 g/mol. The number of rotatable bonds is 5. The third kappa shape index (κ3) is 5.49. The van der Waals surface area contributed by atoms with Crippen LogP contribution in [0, 0.1) is 17.8 Å². The van der Waals surface area contributed by atoms with Gasteiger partial charge in [0.15, 0.2) is 0 Å². The van der Waals surface area contributed by atoms with E-state index in [9.17, 15) is 9.59 Å². The predicted molar refractivity (Wildman–Crippen MR) is 74.0 cm³/mol. The van der Waals surface area contributed by atoms with Gasteiger partial charge in [0.1, 0.15) is 0 Å². The molecule has 1 aliphatic rings. The normalized spacial score (nSPS) is 24.6. The maximum Gasteiger partial charge on any atom is 0.317 e. The molecule has 0 heterocycles. The number of carboxylic acids is 1. The van der Waals surface area contributed by atoms with Crippen molar-refractivity contribution in [1.82, 2.24) is 10.2 Å². The Morgan fingerprint density at radius 3 is 2.42 bits per heavy atom. The van der Waals surface area contributed by atoms with Gasteiger partial charge >= 0.3 is 12.0 Å². The van der Waals surface area contributed by atoms with Crippen molar-refractivity contribution in [2.75, 3.05) is 20.1 Å². The van der Waals surface area contributed by atoms with E-state index in [0.717, 1.165) is 5.92 Å². The molecule has 0 spiro atoms. The molecule has 2 N–H and O–H groups in total. The summed E-state index contributed by atoms with van der Waals surface area (Å²) in [4.78, 5) is 24.0. The van der Waals surface area contributed by atoms with Crippen molar-refractivity contribution in [3.63, 3.8) is 0 Å². The first-order valence-corrected chi connectivity index (χ1v) is 7.12. The van der Waals surface area contributed by atoms with Crippen LogP contribution in [0.5, 0.6) is 0 Å². The fraction of sp³-hybridized carbons (Fsp3) is 0.857. The zero-order valence-corrected chi connectivity index (χ0v) is 12.2. The monoisotopic (exact) mass is 270 g/mol. The Kier molecular flexibility index (Phi) is 6.12. The van der Waals surface area contributed by atoms with E-state index < -0.39 is 11.9 Å². The quantitative estimate of drug-likeness (QED) is 0.804. The van der Waals surface area contributed by atoms with Crippen molar-refractivity contribution < 1.29 is 14.7 Å². The summed E-state index contributed by atoms with van der Waals surface area (Å²) in [5.74, 6) is -0.0244. The van der Waals surface area contributed by atoms with Gasteiger partial charge in [-0.15, -0.1) is 0 Å². The first kappa shape index (κ1) is 15.8. The van der Waals surface area contributed by atoms with Crippen LogP contribution in [-0.2, 0) is 4.79 Å². The highest BCUT2D eigenvalue weighted by molar-refractivity contribution is 5.75. The fourth-order valence-electron chi connectivity index (χ4n) is 2.47. The highest BCUT2D eigenvalue weighted by atomic mass is 16.4. The molecule has 110 valence electrons. The van der Waals surface area contributed by atoms with Gasteiger partial charge in [-0.3, -0.25) is 4.79 Å². The van der Waals surface area contributed by atoms with Gasteiger partial charge in [0, 0.05) is 20.1 Å². The van der Waals surface area contributed by atoms with Gasteiger partial charge in [-0.2, -0.15) is 0 Å². The van der Waals surface area contributed by atoms with Gasteiger partial charge in [0.25, 0.3) is 0 Å². The van der Waals surface area contributed by atoms with Crippen LogP contribution in [0.25, 0.3) is 0 Å². The maximum absolute atomic E-state index is 11.8. The second-order valence-electron chi connectivity index (χ2n) is 5.93. The van der Waals surface area contributed by atoms with E-state index in [1.807, 2.05) is 0 Å². The highest BCUT2D eigenvalue weighted by Gasteiger charge is 2.20. The van der Waals surface area contributed by atoms with Crippen molar-refractivity contribution in [2.45, 2.75) is 39.5 Å². The number of aliphatic carboxylic acids is 1. The lowest BCUT2D eigenvalue weighted by Crippen LogP contribution is -2.42. The third-order valence-corrected chi connectivity index (χ3v) is 3.99. The van der Waals surface area contributed by atoms with Crippen LogP contribution in [0.2, 0.25) is 0 Å². The van der Waals surface area contributed by atoms with Crippen molar-refractivity contribution in [1.29, 1.82) is 0 Å². The molecule has 1 unspecified atom stereocenters. The van der Waals surface area contributed by atoms with Crippen LogP contribution in [0.3, 0.4) is 0 Å². The molecule has 0 aromatic rings. The largest absolute Gasteiger partial charge is 0.481 e. The van der Waals surface area contributed by atoms with Gasteiger partial charge in [0.2, 0.25) is 0 Å². The van der Waals surface area contributed by atoms with Crippen LogP contribution >= 0.6 is 0 Å². The lowest BCUT2D eigenvalue weighted by Gasteiger charge is -2.27. The summed E-state index contributed by atoms with van der Waals surface area (Å²) in [6, 6.07) is -0.174. The van der Waals surface area contributed by atoms with E-state index in [-0.39, 0.29) is 12.6 Å². The molecule has 5 heteroatoms. The molecule has 0 bridgehead atoms. The lowest BCUT2D eigenvalue weighted by atomic mass is 9.83. The standard InChI is InChI=1S/C14H26N2O3/c1-10-4-6-12(7-5-10)8-15-14(19)16(3)9-11(2)13(17)18/h10-12H,4-9H2,1-3H3,(H,15,19)(H,17,18). The van der Waals surface area contributed by atoms with E-state index in [0.29, 0.717) is 12.5 Å². The molecule has 1 fully saturated rings. The van der Waals surface area contributed by atoms with E-state index >= 15 is 0 Å². The Morgan fingerprint density at radius 1 is 1.32 bits per heavy atom. The summed E-state index contributed by atoms with van der Waals surface area (Å²) in [7, 11) is 1.64. The summed E-state index contributed by atoms with van der Waals surface area (Å²) < 4.78 is 0. The van der Waals surface area contributed by atoms with Gasteiger partial charge in [-0.1, -0.05) is 26.7 Å². The minimum atomic E-state index is -0.874. The number of hydrogen-bond donors (Lipinski definition) is 2. The molecule has 2 amide bonds. The summed E-state index contributed by atoms with van der Waals surface area (Å²) in [6.45, 7) is 4.82. The summed E-state index contributed by atoms with van der Waals surface area (Å²) in [5, 5.41) is 11.7. The molecule has 5 nitrogen and oxygen atoms in total. The molecule has 1 saturated carbocycles. The van der Waals surface area contributed by atoms with Crippen molar-refractivity contribution >= 4 is 12.0 Å². The van der Waals surface area contributed by atoms with Gasteiger partial charge < -0.3 is 15.3 Å². The smallest absolute Gasteiger partial charge is 0.317 e. The van der Waals surface area contributed by atoms with Gasteiger partial charge in [-0.25, -0.2) is 4.79 Å². The molecule has 0 aromatic heterocycles. The zero-order chi connectivity index (χ0) is 14.4. The number of hydrogen-bond acceptors (Lipinski definition) is 2. The summed E-state index contributed by atoms with van der Waals surface area (Å²) >= 11 is 0. The first-order valence-electron chi connectivity index (χ1n) is 7.12. The third-order valence-electron chi connectivity index (χ3n) is 3.99. The second-order valence-corrected chi connectivity index (χ2v) is 5.93. The number of carboxylic acid groups (broad SMARTS) is 1. The molecule has 0 aliphatic heterocycles. The Balaban J connectivity index is 2.25. The van der Waals surface area contributed by atoms with Crippen molar-refractivity contribution in [2.24, 2.45) is 17.8 Å². The number of nitrogens with one attached hydrogen (secondary N) is 1. The van der Waals surface area contributed by atoms with Crippen LogP contribution in [0.4, 0.5) is 4.79 Å². The summed E-state index contributed by atoms with van der Waals surface area (Å²) in [6.07, 6.45) is 4.84. The molecule has 0 saturated heterocycles. The average Bonchev–Trinajstić information content (AvgIpc) is 2.37. The van der Waals surface area contributed by atoms with E-state index in [1.54, 1.807) is 14.0 Å². The van der Waals surface area contributed by atoms with E-state index in [1.165, 1.54) is 30.6 Å². The predicted octanol–water partition coefficient (Wildman–Crippen LogP) is 2.17. The second kappa shape index (κ2) is 7.36. The number of amides is 2. The molecule has 1 aliphatic carbocycles. The number of carbonyl (C=O) groups is 2. The zero-order valence-electron chi connectivity index (χ0n) is 12.2. The molecule has 1 atom stereocenters. The Morgan fingerprint density at radius 2 is 1.89 bits per heavy atom. The van der Waals surface area contributed by atoms with Crippen LogP contribution in [0.15, 0.2) is 0 Å². The van der Waals surface area contributed by atoms with Crippen LogP contribution in [-0.4, -0.2) is 42.1 Å². The fourth-order valence-corrected chi connectivity index (χ4v) is 2.47. The van der Waals surface area contributed by atoms with E-state index in [4.69, 9.17) is 5.11 Å².